The van der Waals surface area contributed by atoms with Gasteiger partial charge in [0, 0.05) is 17.6 Å². The van der Waals surface area contributed by atoms with Crippen LogP contribution in [0.5, 0.6) is 5.75 Å². The number of nitrogens with one attached hydrogen (secondary N) is 1. The summed E-state index contributed by atoms with van der Waals surface area (Å²) in [7, 11) is 1.57. The van der Waals surface area contributed by atoms with Gasteiger partial charge in [0.2, 0.25) is 0 Å². The van der Waals surface area contributed by atoms with E-state index in [9.17, 15) is 9.59 Å². The van der Waals surface area contributed by atoms with Gasteiger partial charge in [0.25, 0.3) is 11.8 Å². The van der Waals surface area contributed by atoms with Gasteiger partial charge in [0.05, 0.1) is 12.8 Å². The van der Waals surface area contributed by atoms with E-state index < -0.39 is 11.8 Å². The molecule has 1 aliphatic rings. The number of carbonyl (C=O) groups is 2. The number of methoxy groups -OCH3 is 1. The average Bonchev–Trinajstić information content (AvgIpc) is 3.30. The lowest BCUT2D eigenvalue weighted by molar-refractivity contribution is -0.122. The predicted octanol–water partition coefficient (Wildman–Crippen LogP) is 4.47. The van der Waals surface area contributed by atoms with Gasteiger partial charge in [-0.25, -0.2) is 0 Å². The molecular weight excluding hydrogens is 434 g/mol. The first-order chi connectivity index (χ1) is 16.0. The second-order valence-corrected chi connectivity index (χ2v) is 7.88. The summed E-state index contributed by atoms with van der Waals surface area (Å²) in [5, 5.41) is 4.90. The van der Waals surface area contributed by atoms with Gasteiger partial charge in [-0.15, -0.1) is 0 Å². The zero-order valence-corrected chi connectivity index (χ0v) is 18.5. The van der Waals surface area contributed by atoms with Crippen molar-refractivity contribution in [3.8, 4) is 11.4 Å². The van der Waals surface area contributed by atoms with Crippen LogP contribution in [0.2, 0.25) is 0 Å². The van der Waals surface area contributed by atoms with Crippen LogP contribution in [-0.2, 0) is 9.59 Å². The largest absolute Gasteiger partial charge is 0.497 e. The zero-order chi connectivity index (χ0) is 22.9. The zero-order valence-electron chi connectivity index (χ0n) is 17.7. The predicted molar refractivity (Wildman–Crippen MR) is 132 cm³/mol. The lowest BCUT2D eigenvalue weighted by Gasteiger charge is -2.29. The first-order valence-corrected chi connectivity index (χ1v) is 10.7. The number of fused-ring (bicyclic) bond motifs is 1. The number of thiocarbonyl (C=S) groups is 1. The highest BCUT2D eigenvalue weighted by Gasteiger charge is 2.34. The van der Waals surface area contributed by atoms with Crippen molar-refractivity contribution in [2.75, 3.05) is 12.0 Å². The van der Waals surface area contributed by atoms with Crippen LogP contribution in [0.15, 0.2) is 90.6 Å². The molecule has 6 nitrogen and oxygen atoms in total. The van der Waals surface area contributed by atoms with Gasteiger partial charge in [0.1, 0.15) is 11.3 Å². The molecule has 1 saturated heterocycles. The Kier molecular flexibility index (Phi) is 5.24. The monoisotopic (exact) mass is 453 g/mol. The van der Waals surface area contributed by atoms with E-state index in [0.717, 1.165) is 16.5 Å². The molecule has 5 rings (SSSR count). The van der Waals surface area contributed by atoms with E-state index in [1.54, 1.807) is 37.5 Å². The van der Waals surface area contributed by atoms with Crippen molar-refractivity contribution < 1.29 is 14.3 Å². The number of hydrogen-bond donors (Lipinski definition) is 1. The van der Waals surface area contributed by atoms with Gasteiger partial charge in [-0.1, -0.05) is 30.3 Å². The summed E-state index contributed by atoms with van der Waals surface area (Å²) in [6.45, 7) is 0. The van der Waals surface area contributed by atoms with Crippen LogP contribution in [0.1, 0.15) is 5.69 Å². The maximum atomic E-state index is 13.3. The minimum Gasteiger partial charge on any atom is -0.497 e. The van der Waals surface area contributed by atoms with Crippen LogP contribution in [0.3, 0.4) is 0 Å². The first kappa shape index (κ1) is 20.7. The lowest BCUT2D eigenvalue weighted by Crippen LogP contribution is -2.54. The SMILES string of the molecule is COc1ccc(N2C(=O)/C(=C/c3cccn3-c3ccc4ccccc4c3)C(=O)NC2=S)cc1. The second-order valence-electron chi connectivity index (χ2n) is 7.49. The van der Waals surface area contributed by atoms with E-state index >= 15 is 0 Å². The van der Waals surface area contributed by atoms with Crippen LogP contribution >= 0.6 is 12.2 Å². The Labute approximate surface area is 195 Å². The molecule has 1 fully saturated rings. The quantitative estimate of drug-likeness (QED) is 0.281. The summed E-state index contributed by atoms with van der Waals surface area (Å²) in [5.41, 5.74) is 2.17. The third-order valence-corrected chi connectivity index (χ3v) is 5.80. The number of carbonyl (C=O) groups excluding carboxylic acids is 2. The van der Waals surface area contributed by atoms with Gasteiger partial charge < -0.3 is 9.30 Å². The van der Waals surface area contributed by atoms with Gasteiger partial charge in [0.15, 0.2) is 5.11 Å². The lowest BCUT2D eigenvalue weighted by atomic mass is 10.1. The Morgan fingerprint density at radius 1 is 0.879 bits per heavy atom. The molecule has 0 saturated carbocycles. The van der Waals surface area contributed by atoms with Crippen molar-refractivity contribution in [2.24, 2.45) is 0 Å². The Hall–Kier alpha value is -4.23. The molecule has 1 aliphatic heterocycles. The minimum atomic E-state index is -0.527. The molecule has 33 heavy (non-hydrogen) atoms. The highest BCUT2D eigenvalue weighted by Crippen LogP contribution is 2.26. The third-order valence-electron chi connectivity index (χ3n) is 5.52. The van der Waals surface area contributed by atoms with Crippen LogP contribution in [0.25, 0.3) is 22.5 Å². The van der Waals surface area contributed by atoms with E-state index in [2.05, 4.69) is 17.4 Å². The molecule has 2 heterocycles. The summed E-state index contributed by atoms with van der Waals surface area (Å²) >= 11 is 5.28. The van der Waals surface area contributed by atoms with E-state index in [-0.39, 0.29) is 10.7 Å². The first-order valence-electron chi connectivity index (χ1n) is 10.3. The molecule has 3 aromatic carbocycles. The Balaban J connectivity index is 1.53. The van der Waals surface area contributed by atoms with E-state index in [1.165, 1.54) is 4.90 Å². The summed E-state index contributed by atoms with van der Waals surface area (Å²) in [5.74, 6) is -0.358. The molecule has 1 N–H and O–H groups in total. The van der Waals surface area contributed by atoms with Crippen molar-refractivity contribution in [2.45, 2.75) is 0 Å². The topological polar surface area (TPSA) is 63.6 Å². The highest BCUT2D eigenvalue weighted by molar-refractivity contribution is 7.80. The molecule has 0 atom stereocenters. The smallest absolute Gasteiger partial charge is 0.270 e. The van der Waals surface area contributed by atoms with E-state index in [4.69, 9.17) is 17.0 Å². The standard InChI is InChI=1S/C26H19N3O3S/c1-32-22-12-10-19(11-13-22)29-25(31)23(24(30)27-26(29)33)16-20-7-4-14-28(20)21-9-8-17-5-2-3-6-18(17)15-21/h2-16H,1H3,(H,27,30,33)/b23-16+. The van der Waals surface area contributed by atoms with Crippen LogP contribution in [0.4, 0.5) is 5.69 Å². The van der Waals surface area contributed by atoms with Crippen molar-refractivity contribution in [3.63, 3.8) is 0 Å². The maximum Gasteiger partial charge on any atom is 0.270 e. The van der Waals surface area contributed by atoms with Gasteiger partial charge in [-0.3, -0.25) is 19.8 Å². The fourth-order valence-electron chi connectivity index (χ4n) is 3.84. The summed E-state index contributed by atoms with van der Waals surface area (Å²) in [6.07, 6.45) is 3.48. The highest BCUT2D eigenvalue weighted by atomic mass is 32.1. The number of ether oxygens (including phenoxy) is 1. The van der Waals surface area contributed by atoms with Crippen LogP contribution in [0, 0.1) is 0 Å². The molecule has 0 bridgehead atoms. The number of benzene rings is 3. The van der Waals surface area contributed by atoms with Gasteiger partial charge in [-0.2, -0.15) is 0 Å². The normalized spacial score (nSPS) is 15.2. The number of amides is 2. The number of rotatable bonds is 4. The molecular formula is C26H19N3O3S. The van der Waals surface area contributed by atoms with Crippen molar-refractivity contribution in [1.29, 1.82) is 0 Å². The molecule has 2 amide bonds. The van der Waals surface area contributed by atoms with Crippen molar-refractivity contribution >= 4 is 51.7 Å². The maximum absolute atomic E-state index is 13.3. The average molecular weight is 454 g/mol. The Morgan fingerprint density at radius 3 is 2.36 bits per heavy atom. The fraction of sp³-hybridized carbons (Fsp3) is 0.0385. The van der Waals surface area contributed by atoms with Crippen LogP contribution < -0.4 is 15.0 Å². The van der Waals surface area contributed by atoms with Crippen LogP contribution in [-0.4, -0.2) is 28.6 Å². The molecule has 4 aromatic rings. The Bertz CT molecular complexity index is 1440. The molecule has 0 spiro atoms. The fourth-order valence-corrected chi connectivity index (χ4v) is 4.13. The molecule has 162 valence electrons. The molecule has 1 aromatic heterocycles. The molecule has 7 heteroatoms. The summed E-state index contributed by atoms with van der Waals surface area (Å²) in [6, 6.07) is 24.8. The number of nitrogens with zero attached hydrogens (tertiary/aromatic N) is 2. The summed E-state index contributed by atoms with van der Waals surface area (Å²) < 4.78 is 7.12. The Morgan fingerprint density at radius 2 is 1.61 bits per heavy atom. The van der Waals surface area contributed by atoms with Gasteiger partial charge >= 0.3 is 0 Å². The second kappa shape index (κ2) is 8.37. The van der Waals surface area contributed by atoms with Crippen molar-refractivity contribution in [3.05, 3.63) is 96.3 Å². The molecule has 0 unspecified atom stereocenters. The van der Waals surface area contributed by atoms with E-state index in [1.807, 2.05) is 53.2 Å². The molecule has 0 radical (unpaired) electrons. The van der Waals surface area contributed by atoms with Crippen molar-refractivity contribution in [1.82, 2.24) is 9.88 Å². The number of hydrogen-bond acceptors (Lipinski definition) is 4. The third kappa shape index (κ3) is 3.79. The number of anilines is 1. The minimum absolute atomic E-state index is 0.000146. The molecule has 0 aliphatic carbocycles. The number of aromatic nitrogens is 1. The summed E-state index contributed by atoms with van der Waals surface area (Å²) in [4.78, 5) is 27.3. The van der Waals surface area contributed by atoms with Gasteiger partial charge in [-0.05, 0) is 77.6 Å². The van der Waals surface area contributed by atoms with E-state index in [0.29, 0.717) is 17.1 Å².